The molecule has 0 spiro atoms. The van der Waals surface area contributed by atoms with E-state index in [2.05, 4.69) is 59.6 Å². The molecule has 4 heteroatoms. The van der Waals surface area contributed by atoms with Crippen molar-refractivity contribution >= 4 is 0 Å². The Balaban J connectivity index is 5.16. The van der Waals surface area contributed by atoms with Crippen LogP contribution in [-0.2, 0) is 4.74 Å². The van der Waals surface area contributed by atoms with E-state index in [4.69, 9.17) is 4.74 Å². The van der Waals surface area contributed by atoms with Crippen molar-refractivity contribution in [2.75, 3.05) is 6.61 Å². The first-order valence-electron chi connectivity index (χ1n) is 10.5. The molecule has 33 heavy (non-hydrogen) atoms. The molecule has 0 rings (SSSR count). The molecule has 0 fully saturated rings. The number of hydrogen-bond acceptors (Lipinski definition) is 1. The third kappa shape index (κ3) is 10.3. The minimum atomic E-state index is -1.29. The maximum absolute atomic E-state index is 14.6. The summed E-state index contributed by atoms with van der Waals surface area (Å²) in [5.41, 5.74) is 0.679. The Morgan fingerprint density at radius 2 is 1.36 bits per heavy atom. The predicted octanol–water partition coefficient (Wildman–Crippen LogP) is 9.28. The van der Waals surface area contributed by atoms with Crippen molar-refractivity contribution in [3.8, 4) is 0 Å². The average Bonchev–Trinajstić information content (AvgIpc) is 2.81. The molecule has 0 bridgehead atoms. The van der Waals surface area contributed by atoms with Crippen molar-refractivity contribution in [1.82, 2.24) is 0 Å². The standard InChI is InChI=1S/C29H35F3O/c1-11-17-33-26(10)29(32)28(31)25(9)22(6)16-15-21(5)24(8)27(30)18-23(7)20(4)14-13-19(3)12-2/h11-12,15-16,18-20H,1-2,5-10,13-14,17H2,3-4H3/b16-15-,27-18+,29-28-. The van der Waals surface area contributed by atoms with Gasteiger partial charge in [-0.1, -0.05) is 84.2 Å². The van der Waals surface area contributed by atoms with Gasteiger partial charge in [0, 0.05) is 11.1 Å². The normalized spacial score (nSPS) is 14.0. The summed E-state index contributed by atoms with van der Waals surface area (Å²) in [6.45, 7) is 33.1. The van der Waals surface area contributed by atoms with Crippen LogP contribution in [0.1, 0.15) is 26.7 Å². The number of ether oxygens (including phenoxy) is 1. The molecule has 0 aromatic heterocycles. The molecule has 0 saturated carbocycles. The van der Waals surface area contributed by atoms with Crippen molar-refractivity contribution in [2.45, 2.75) is 26.7 Å². The lowest BCUT2D eigenvalue weighted by molar-refractivity contribution is 0.241. The molecule has 0 aliphatic carbocycles. The minimum Gasteiger partial charge on any atom is -0.487 e. The third-order valence-corrected chi connectivity index (χ3v) is 5.03. The Morgan fingerprint density at radius 1 is 0.818 bits per heavy atom. The first kappa shape index (κ1) is 29.7. The van der Waals surface area contributed by atoms with E-state index in [1.807, 2.05) is 13.0 Å². The van der Waals surface area contributed by atoms with Gasteiger partial charge in [-0.3, -0.25) is 0 Å². The quantitative estimate of drug-likeness (QED) is 0.128. The Hall–Kier alpha value is -3.27. The van der Waals surface area contributed by atoms with Crippen LogP contribution in [0.25, 0.3) is 0 Å². The summed E-state index contributed by atoms with van der Waals surface area (Å²) in [4.78, 5) is 0. The van der Waals surface area contributed by atoms with Crippen LogP contribution in [-0.4, -0.2) is 6.61 Å². The predicted molar refractivity (Wildman–Crippen MR) is 136 cm³/mol. The van der Waals surface area contributed by atoms with E-state index in [-0.39, 0.29) is 34.8 Å². The number of allylic oxidation sites excluding steroid dienone is 12. The summed E-state index contributed by atoms with van der Waals surface area (Å²) in [5.74, 6) is -3.14. The smallest absolute Gasteiger partial charge is 0.200 e. The van der Waals surface area contributed by atoms with Crippen LogP contribution in [0.3, 0.4) is 0 Å². The highest BCUT2D eigenvalue weighted by atomic mass is 19.2. The van der Waals surface area contributed by atoms with E-state index in [1.165, 1.54) is 24.3 Å². The van der Waals surface area contributed by atoms with E-state index in [0.717, 1.165) is 12.8 Å². The van der Waals surface area contributed by atoms with Gasteiger partial charge in [0.05, 0.1) is 0 Å². The van der Waals surface area contributed by atoms with Crippen molar-refractivity contribution in [3.63, 3.8) is 0 Å². The lowest BCUT2D eigenvalue weighted by Crippen LogP contribution is -2.00. The van der Waals surface area contributed by atoms with E-state index in [0.29, 0.717) is 11.5 Å². The third-order valence-electron chi connectivity index (χ3n) is 5.03. The number of rotatable bonds is 16. The molecule has 0 aliphatic heterocycles. The minimum absolute atomic E-state index is 0.0208. The second-order valence-electron chi connectivity index (χ2n) is 7.75. The molecule has 0 aromatic carbocycles. The highest BCUT2D eigenvalue weighted by Crippen LogP contribution is 2.28. The molecular weight excluding hydrogens is 421 g/mol. The molecule has 178 valence electrons. The second kappa shape index (κ2) is 14.7. The van der Waals surface area contributed by atoms with Gasteiger partial charge < -0.3 is 4.74 Å². The van der Waals surface area contributed by atoms with Gasteiger partial charge in [-0.2, -0.15) is 4.39 Å². The molecule has 0 saturated heterocycles. The summed E-state index contributed by atoms with van der Waals surface area (Å²) in [5, 5.41) is 0. The second-order valence-corrected chi connectivity index (χ2v) is 7.75. The summed E-state index contributed by atoms with van der Waals surface area (Å²) in [7, 11) is 0. The fourth-order valence-electron chi connectivity index (χ4n) is 2.38. The summed E-state index contributed by atoms with van der Waals surface area (Å²) in [6.07, 6.45) is 9.12. The van der Waals surface area contributed by atoms with Gasteiger partial charge in [0.2, 0.25) is 5.83 Å². The average molecular weight is 457 g/mol. The fourth-order valence-corrected chi connectivity index (χ4v) is 2.38. The van der Waals surface area contributed by atoms with E-state index in [9.17, 15) is 13.2 Å². The topological polar surface area (TPSA) is 9.23 Å². The zero-order valence-corrected chi connectivity index (χ0v) is 19.9. The highest BCUT2D eigenvalue weighted by molar-refractivity contribution is 5.53. The van der Waals surface area contributed by atoms with Crippen molar-refractivity contribution in [1.29, 1.82) is 0 Å². The zero-order chi connectivity index (χ0) is 25.7. The maximum Gasteiger partial charge on any atom is 0.200 e. The number of hydrogen-bond donors (Lipinski definition) is 0. The van der Waals surface area contributed by atoms with Gasteiger partial charge in [-0.25, -0.2) is 8.78 Å². The molecule has 0 heterocycles. The van der Waals surface area contributed by atoms with Crippen LogP contribution in [0.4, 0.5) is 13.2 Å². The Labute approximate surface area is 197 Å². The van der Waals surface area contributed by atoms with Crippen molar-refractivity contribution < 1.29 is 17.9 Å². The van der Waals surface area contributed by atoms with E-state index in [1.54, 1.807) is 0 Å². The molecule has 0 radical (unpaired) electrons. The molecular formula is C29H35F3O. The highest BCUT2D eigenvalue weighted by Gasteiger charge is 2.16. The first-order valence-corrected chi connectivity index (χ1v) is 10.5. The van der Waals surface area contributed by atoms with E-state index < -0.39 is 23.2 Å². The van der Waals surface area contributed by atoms with Crippen molar-refractivity contribution in [2.24, 2.45) is 11.8 Å². The molecule has 0 N–H and O–H groups in total. The summed E-state index contributed by atoms with van der Waals surface area (Å²) in [6, 6.07) is 0. The van der Waals surface area contributed by atoms with Gasteiger partial charge in [-0.05, 0) is 47.5 Å². The van der Waals surface area contributed by atoms with Crippen molar-refractivity contribution in [3.05, 3.63) is 134 Å². The monoisotopic (exact) mass is 456 g/mol. The molecule has 1 nitrogen and oxygen atoms in total. The molecule has 0 aliphatic rings. The Bertz CT molecular complexity index is 925. The summed E-state index contributed by atoms with van der Waals surface area (Å²) >= 11 is 0. The van der Waals surface area contributed by atoms with Gasteiger partial charge in [0.25, 0.3) is 0 Å². The van der Waals surface area contributed by atoms with E-state index >= 15 is 0 Å². The molecule has 0 amide bonds. The number of halogens is 3. The van der Waals surface area contributed by atoms with Gasteiger partial charge in [-0.15, -0.1) is 6.58 Å². The molecule has 0 aromatic rings. The van der Waals surface area contributed by atoms with Crippen LogP contribution >= 0.6 is 0 Å². The lowest BCUT2D eigenvalue weighted by atomic mass is 9.92. The Kier molecular flexibility index (Phi) is 13.3. The Morgan fingerprint density at radius 3 is 1.88 bits per heavy atom. The summed E-state index contributed by atoms with van der Waals surface area (Å²) < 4.78 is 47.9. The zero-order valence-electron chi connectivity index (χ0n) is 19.9. The van der Waals surface area contributed by atoms with Gasteiger partial charge >= 0.3 is 0 Å². The van der Waals surface area contributed by atoms with Crippen LogP contribution in [0.5, 0.6) is 0 Å². The van der Waals surface area contributed by atoms with Gasteiger partial charge in [0.15, 0.2) is 11.6 Å². The van der Waals surface area contributed by atoms with Crippen LogP contribution < -0.4 is 0 Å². The van der Waals surface area contributed by atoms with Crippen LogP contribution in [0, 0.1) is 11.8 Å². The maximum atomic E-state index is 14.6. The first-order chi connectivity index (χ1) is 15.4. The largest absolute Gasteiger partial charge is 0.487 e. The molecule has 2 atom stereocenters. The van der Waals surface area contributed by atoms with Crippen LogP contribution in [0.2, 0.25) is 0 Å². The SMILES string of the molecule is C=CCOC(=C)/C(F)=C(/F)C(=C)C(=C)/C=C\C(=C)C(=C)/C(F)=C\C(=C)C(C)CCC(C)C=C. The van der Waals surface area contributed by atoms with Gasteiger partial charge in [0.1, 0.15) is 12.4 Å². The molecule has 2 unspecified atom stereocenters. The fraction of sp³-hybridized carbons (Fsp3) is 0.241. The lowest BCUT2D eigenvalue weighted by Gasteiger charge is -2.14. The van der Waals surface area contributed by atoms with Crippen LogP contribution in [0.15, 0.2) is 134 Å².